The van der Waals surface area contributed by atoms with Gasteiger partial charge in [-0.2, -0.15) is 0 Å². The van der Waals surface area contributed by atoms with E-state index in [0.717, 1.165) is 19.2 Å². The number of carbonyl (C=O) groups excluding carboxylic acids is 2. The lowest BCUT2D eigenvalue weighted by molar-refractivity contribution is 0.108. The van der Waals surface area contributed by atoms with Crippen LogP contribution in [0.4, 0.5) is 9.18 Å². The van der Waals surface area contributed by atoms with Crippen molar-refractivity contribution < 1.29 is 23.5 Å². The molecule has 0 saturated heterocycles. The predicted molar refractivity (Wildman–Crippen MR) is 49.6 cm³/mol. The molecule has 0 bridgehead atoms. The Morgan fingerprint density at radius 3 is 2.53 bits per heavy atom. The summed E-state index contributed by atoms with van der Waals surface area (Å²) in [5, 5.41) is -0.793. The zero-order valence-electron chi connectivity index (χ0n) is 7.62. The number of halogens is 2. The molecule has 80 valence electrons. The summed E-state index contributed by atoms with van der Waals surface area (Å²) < 4.78 is 21.8. The van der Waals surface area contributed by atoms with E-state index in [4.69, 9.17) is 11.6 Å². The van der Waals surface area contributed by atoms with Gasteiger partial charge in [0.2, 0.25) is 0 Å². The Bertz CT molecular complexity index is 405. The fourth-order valence-electron chi connectivity index (χ4n) is 0.837. The van der Waals surface area contributed by atoms with Gasteiger partial charge in [-0.25, -0.2) is 9.18 Å². The smallest absolute Gasteiger partial charge is 0.437 e. The van der Waals surface area contributed by atoms with Crippen LogP contribution in [0.25, 0.3) is 0 Å². The summed E-state index contributed by atoms with van der Waals surface area (Å²) in [6, 6.07) is 3.21. The minimum atomic E-state index is -1.04. The highest BCUT2D eigenvalue weighted by Crippen LogP contribution is 2.19. The summed E-state index contributed by atoms with van der Waals surface area (Å²) in [6.07, 6.45) is -1.04. The van der Waals surface area contributed by atoms with Gasteiger partial charge in [-0.1, -0.05) is 0 Å². The molecule has 0 heterocycles. The largest absolute Gasteiger partial charge is 0.513 e. The number of rotatable bonds is 2. The monoisotopic (exact) mass is 232 g/mol. The third-order valence-corrected chi connectivity index (χ3v) is 1.74. The first-order valence-corrected chi connectivity index (χ1v) is 4.17. The molecule has 0 radical (unpaired) electrons. The molecule has 4 nitrogen and oxygen atoms in total. The maximum Gasteiger partial charge on any atom is 0.513 e. The third-order valence-electron chi connectivity index (χ3n) is 1.52. The molecular weight excluding hydrogens is 227 g/mol. The summed E-state index contributed by atoms with van der Waals surface area (Å²) in [7, 11) is 1.09. The van der Waals surface area contributed by atoms with E-state index >= 15 is 0 Å². The summed E-state index contributed by atoms with van der Waals surface area (Å²) in [5.74, 6) is -1.20. The van der Waals surface area contributed by atoms with E-state index < -0.39 is 17.2 Å². The Balaban J connectivity index is 2.93. The summed E-state index contributed by atoms with van der Waals surface area (Å²) in [6.45, 7) is 0. The van der Waals surface area contributed by atoms with Crippen LogP contribution in [-0.2, 0) is 4.74 Å². The minimum absolute atomic E-state index is 0.0219. The fraction of sp³-hybridized carbons (Fsp3) is 0.111. The van der Waals surface area contributed by atoms with Crippen LogP contribution >= 0.6 is 11.6 Å². The molecule has 0 aliphatic heterocycles. The molecule has 0 saturated carbocycles. The number of methoxy groups -OCH3 is 1. The van der Waals surface area contributed by atoms with Crippen molar-refractivity contribution in [1.82, 2.24) is 0 Å². The average molecular weight is 233 g/mol. The van der Waals surface area contributed by atoms with E-state index in [9.17, 15) is 14.0 Å². The normalized spacial score (nSPS) is 9.53. The average Bonchev–Trinajstić information content (AvgIpc) is 2.20. The van der Waals surface area contributed by atoms with Gasteiger partial charge < -0.3 is 9.47 Å². The zero-order chi connectivity index (χ0) is 11.4. The maximum atomic E-state index is 13.2. The highest BCUT2D eigenvalue weighted by Gasteiger charge is 2.11. The molecule has 1 aromatic carbocycles. The maximum absolute atomic E-state index is 13.2. The van der Waals surface area contributed by atoms with Crippen LogP contribution in [0.3, 0.4) is 0 Å². The van der Waals surface area contributed by atoms with Crippen LogP contribution in [0, 0.1) is 5.82 Å². The topological polar surface area (TPSA) is 52.6 Å². The second kappa shape index (κ2) is 4.75. The molecule has 15 heavy (non-hydrogen) atoms. The number of hydrogen-bond acceptors (Lipinski definition) is 4. The van der Waals surface area contributed by atoms with Crippen LogP contribution < -0.4 is 4.74 Å². The molecule has 6 heteroatoms. The Labute approximate surface area is 89.5 Å². The molecule has 0 aliphatic carbocycles. The molecule has 0 amide bonds. The van der Waals surface area contributed by atoms with E-state index in [1.54, 1.807) is 0 Å². The third kappa shape index (κ3) is 2.92. The van der Waals surface area contributed by atoms with E-state index in [0.29, 0.717) is 0 Å². The van der Waals surface area contributed by atoms with E-state index in [1.165, 1.54) is 6.07 Å². The van der Waals surface area contributed by atoms with E-state index in [1.807, 2.05) is 0 Å². The standard InChI is InChI=1S/C9H6ClFO4/c1-14-9(13)15-7-3-2-5(8(10)12)4-6(7)11/h2-4H,1H3. The number of hydrogen-bond donors (Lipinski definition) is 0. The van der Waals surface area contributed by atoms with Gasteiger partial charge in [-0.05, 0) is 29.8 Å². The predicted octanol–water partition coefficient (Wildman–Crippen LogP) is 2.35. The lowest BCUT2D eigenvalue weighted by Gasteiger charge is -2.03. The van der Waals surface area contributed by atoms with Crippen molar-refractivity contribution in [3.8, 4) is 5.75 Å². The van der Waals surface area contributed by atoms with Crippen molar-refractivity contribution in [2.45, 2.75) is 0 Å². The lowest BCUT2D eigenvalue weighted by atomic mass is 10.2. The first-order chi connectivity index (χ1) is 7.04. The lowest BCUT2D eigenvalue weighted by Crippen LogP contribution is -2.08. The van der Waals surface area contributed by atoms with Crippen molar-refractivity contribution in [1.29, 1.82) is 0 Å². The molecular formula is C9H6ClFO4. The quantitative estimate of drug-likeness (QED) is 0.446. The van der Waals surface area contributed by atoms with Crippen LogP contribution in [0.1, 0.15) is 10.4 Å². The molecule has 0 aromatic heterocycles. The van der Waals surface area contributed by atoms with Crippen molar-refractivity contribution in [2.24, 2.45) is 0 Å². The summed E-state index contributed by atoms with van der Waals surface area (Å²) in [5.41, 5.74) is -0.0219. The van der Waals surface area contributed by atoms with Crippen molar-refractivity contribution >= 4 is 23.0 Å². The first kappa shape index (κ1) is 11.5. The molecule has 1 aromatic rings. The minimum Gasteiger partial charge on any atom is -0.437 e. The molecule has 0 atom stereocenters. The van der Waals surface area contributed by atoms with Gasteiger partial charge in [0, 0.05) is 5.56 Å². The second-order valence-electron chi connectivity index (χ2n) is 2.48. The van der Waals surface area contributed by atoms with Gasteiger partial charge in [0.1, 0.15) is 0 Å². The van der Waals surface area contributed by atoms with E-state index in [2.05, 4.69) is 9.47 Å². The van der Waals surface area contributed by atoms with Gasteiger partial charge in [0.25, 0.3) is 5.24 Å². The molecule has 0 aliphatic rings. The Kier molecular flexibility index (Phi) is 3.62. The van der Waals surface area contributed by atoms with Gasteiger partial charge >= 0.3 is 6.16 Å². The molecule has 0 spiro atoms. The molecule has 1 rings (SSSR count). The number of ether oxygens (including phenoxy) is 2. The highest BCUT2D eigenvalue weighted by molar-refractivity contribution is 6.67. The van der Waals surface area contributed by atoms with Gasteiger partial charge in [-0.15, -0.1) is 0 Å². The summed E-state index contributed by atoms with van der Waals surface area (Å²) in [4.78, 5) is 21.3. The first-order valence-electron chi connectivity index (χ1n) is 3.79. The van der Waals surface area contributed by atoms with Gasteiger partial charge in [0.15, 0.2) is 11.6 Å². The second-order valence-corrected chi connectivity index (χ2v) is 2.82. The number of benzene rings is 1. The molecule has 0 fully saturated rings. The zero-order valence-corrected chi connectivity index (χ0v) is 8.38. The Hall–Kier alpha value is -1.62. The Morgan fingerprint density at radius 1 is 1.40 bits per heavy atom. The van der Waals surface area contributed by atoms with Crippen LogP contribution in [0.15, 0.2) is 18.2 Å². The highest BCUT2D eigenvalue weighted by atomic mass is 35.5. The van der Waals surface area contributed by atoms with Crippen molar-refractivity contribution in [3.05, 3.63) is 29.6 Å². The Morgan fingerprint density at radius 2 is 2.07 bits per heavy atom. The van der Waals surface area contributed by atoms with Crippen molar-refractivity contribution in [3.63, 3.8) is 0 Å². The van der Waals surface area contributed by atoms with Crippen LogP contribution in [0.2, 0.25) is 0 Å². The molecule has 0 unspecified atom stereocenters. The fourth-order valence-corrected chi connectivity index (χ4v) is 0.955. The number of carbonyl (C=O) groups is 2. The van der Waals surface area contributed by atoms with Gasteiger partial charge in [-0.3, -0.25) is 4.79 Å². The van der Waals surface area contributed by atoms with E-state index in [-0.39, 0.29) is 11.3 Å². The van der Waals surface area contributed by atoms with Crippen molar-refractivity contribution in [2.75, 3.05) is 7.11 Å². The van der Waals surface area contributed by atoms with Gasteiger partial charge in [0.05, 0.1) is 7.11 Å². The van der Waals surface area contributed by atoms with Crippen LogP contribution in [0.5, 0.6) is 5.75 Å². The summed E-state index contributed by atoms with van der Waals surface area (Å²) >= 11 is 5.12. The SMILES string of the molecule is COC(=O)Oc1ccc(C(=O)Cl)cc1F. The molecule has 0 N–H and O–H groups in total. The van der Waals surface area contributed by atoms with Crippen LogP contribution in [-0.4, -0.2) is 18.5 Å².